The lowest BCUT2D eigenvalue weighted by Crippen LogP contribution is -2.14. The highest BCUT2D eigenvalue weighted by molar-refractivity contribution is 5.95. The summed E-state index contributed by atoms with van der Waals surface area (Å²) < 4.78 is 0. The Labute approximate surface area is 67.8 Å². The number of ketones is 1. The maximum absolute atomic E-state index is 11.2. The Hall–Kier alpha value is -0.850. The van der Waals surface area contributed by atoms with Crippen LogP contribution in [0.15, 0.2) is 23.8 Å². The van der Waals surface area contributed by atoms with Crippen LogP contribution in [0.5, 0.6) is 0 Å². The summed E-state index contributed by atoms with van der Waals surface area (Å²) in [6.45, 7) is 7.74. The van der Waals surface area contributed by atoms with Gasteiger partial charge in [0, 0.05) is 6.42 Å². The van der Waals surface area contributed by atoms with Gasteiger partial charge in [-0.15, -0.1) is 0 Å². The summed E-state index contributed by atoms with van der Waals surface area (Å²) in [7, 11) is 0. The molecule has 0 aromatic carbocycles. The average molecular weight is 151 g/mol. The normalized spacial score (nSPS) is 24.7. The van der Waals surface area contributed by atoms with Gasteiger partial charge in [0.15, 0.2) is 5.78 Å². The van der Waals surface area contributed by atoms with E-state index in [9.17, 15) is 4.79 Å². The van der Waals surface area contributed by atoms with Crippen LogP contribution >= 0.6 is 0 Å². The van der Waals surface area contributed by atoms with Crippen molar-refractivity contribution < 1.29 is 4.79 Å². The van der Waals surface area contributed by atoms with E-state index in [1.54, 1.807) is 0 Å². The molecule has 0 radical (unpaired) electrons. The van der Waals surface area contributed by atoms with Gasteiger partial charge in [-0.1, -0.05) is 18.2 Å². The minimum absolute atomic E-state index is 0.282. The average Bonchev–Trinajstić information content (AvgIpc) is 1.94. The summed E-state index contributed by atoms with van der Waals surface area (Å²) in [4.78, 5) is 11.2. The molecule has 0 aromatic rings. The van der Waals surface area contributed by atoms with Crippen LogP contribution in [0.1, 0.15) is 26.7 Å². The van der Waals surface area contributed by atoms with E-state index >= 15 is 0 Å². The number of allylic oxidation sites excluding steroid dienone is 3. The van der Waals surface area contributed by atoms with Gasteiger partial charge in [0.05, 0.1) is 0 Å². The summed E-state index contributed by atoms with van der Waals surface area (Å²) in [5.41, 5.74) is 2.05. The molecule has 1 rings (SSSR count). The van der Waals surface area contributed by atoms with E-state index in [1.807, 2.05) is 19.9 Å². The van der Waals surface area contributed by atoms with Crippen LogP contribution in [0.2, 0.25) is 0 Å². The smallest absolute Gasteiger partial charge is 0.158 e. The van der Waals surface area contributed by atoms with E-state index in [2.05, 4.69) is 6.58 Å². The Morgan fingerprint density at radius 2 is 2.36 bits per heavy atom. The van der Waals surface area contributed by atoms with Gasteiger partial charge >= 0.3 is 0 Å². The number of Topliss-reactive ketones (excluding diaryl/α,β-unsaturated/α-hetero) is 1. The highest BCUT2D eigenvalue weighted by atomic mass is 16.1. The molecule has 0 amide bonds. The summed E-state index contributed by atoms with van der Waals surface area (Å²) in [5.74, 6) is 0.676. The first-order chi connectivity index (χ1) is 5.11. The molecule has 1 aliphatic rings. The van der Waals surface area contributed by atoms with Gasteiger partial charge in [-0.3, -0.25) is 4.79 Å². The number of carbonyl (C=O) groups is 1. The molecule has 60 valence electrons. The molecule has 0 aliphatic heterocycles. The topological polar surface area (TPSA) is 17.1 Å². The van der Waals surface area contributed by atoms with Crippen LogP contribution in [0.4, 0.5) is 0 Å². The van der Waals surface area contributed by atoms with Crippen molar-refractivity contribution in [3.8, 4) is 0 Å². The molecule has 0 N–H and O–H groups in total. The third kappa shape index (κ3) is 1.79. The minimum atomic E-state index is 0.282. The van der Waals surface area contributed by atoms with E-state index < -0.39 is 0 Å². The maximum Gasteiger partial charge on any atom is 0.158 e. The molecule has 0 saturated carbocycles. The van der Waals surface area contributed by atoms with E-state index in [0.717, 1.165) is 17.6 Å². The van der Waals surface area contributed by atoms with Crippen LogP contribution in [0.3, 0.4) is 0 Å². The van der Waals surface area contributed by atoms with Crippen LogP contribution in [-0.4, -0.2) is 5.78 Å². The van der Waals surface area contributed by atoms with Crippen molar-refractivity contribution in [1.82, 2.24) is 0 Å². The van der Waals surface area contributed by atoms with E-state index in [1.165, 1.54) is 0 Å². The molecule has 1 nitrogen and oxygen atoms in total. The molecule has 11 heavy (non-hydrogen) atoms. The summed E-state index contributed by atoms with van der Waals surface area (Å²) in [5, 5.41) is 0. The molecule has 0 heterocycles. The van der Waals surface area contributed by atoms with Crippen LogP contribution in [-0.2, 0) is 4.79 Å². The minimum Gasteiger partial charge on any atom is -0.295 e. The first kappa shape index (κ1) is 8.25. The van der Waals surface area contributed by atoms with Crippen molar-refractivity contribution in [3.05, 3.63) is 23.8 Å². The SMILES string of the molecule is CC(=[13CH2])C1CC=C(C)C(=O)C1. The zero-order valence-electron chi connectivity index (χ0n) is 7.18. The maximum atomic E-state index is 11.2. The second kappa shape index (κ2) is 3.04. The fraction of sp³-hybridized carbons (Fsp3) is 0.500. The van der Waals surface area contributed by atoms with Crippen molar-refractivity contribution in [3.63, 3.8) is 0 Å². The predicted octanol–water partition coefficient (Wildman–Crippen LogP) is 2.49. The van der Waals surface area contributed by atoms with Gasteiger partial charge in [-0.05, 0) is 31.8 Å². The third-order valence-electron chi connectivity index (χ3n) is 2.28. The number of rotatable bonds is 1. The van der Waals surface area contributed by atoms with Crippen molar-refractivity contribution >= 4 is 5.78 Å². The molecule has 0 saturated heterocycles. The van der Waals surface area contributed by atoms with Crippen LogP contribution in [0.25, 0.3) is 0 Å². The van der Waals surface area contributed by atoms with Crippen LogP contribution < -0.4 is 0 Å². The summed E-state index contributed by atoms with van der Waals surface area (Å²) >= 11 is 0. The lowest BCUT2D eigenvalue weighted by molar-refractivity contribution is -0.116. The third-order valence-corrected chi connectivity index (χ3v) is 2.28. The Balaban J connectivity index is 2.70. The lowest BCUT2D eigenvalue weighted by Gasteiger charge is -2.18. The van der Waals surface area contributed by atoms with E-state index in [0.29, 0.717) is 12.3 Å². The van der Waals surface area contributed by atoms with E-state index in [4.69, 9.17) is 0 Å². The van der Waals surface area contributed by atoms with Gasteiger partial charge in [0.2, 0.25) is 0 Å². The highest BCUT2D eigenvalue weighted by Crippen LogP contribution is 2.25. The molecule has 0 bridgehead atoms. The summed E-state index contributed by atoms with van der Waals surface area (Å²) in [6, 6.07) is 0. The van der Waals surface area contributed by atoms with Crippen molar-refractivity contribution in [1.29, 1.82) is 0 Å². The number of hydrogen-bond acceptors (Lipinski definition) is 1. The fourth-order valence-corrected chi connectivity index (χ4v) is 1.28. The lowest BCUT2D eigenvalue weighted by atomic mass is 9.86. The Kier molecular flexibility index (Phi) is 2.28. The monoisotopic (exact) mass is 151 g/mol. The Bertz CT molecular complexity index is 223. The highest BCUT2D eigenvalue weighted by Gasteiger charge is 2.18. The first-order valence-corrected chi connectivity index (χ1v) is 3.96. The van der Waals surface area contributed by atoms with Crippen LogP contribution in [0, 0.1) is 5.92 Å². The quantitative estimate of drug-likeness (QED) is 0.415. The van der Waals surface area contributed by atoms with Crippen molar-refractivity contribution in [2.75, 3.05) is 0 Å². The zero-order chi connectivity index (χ0) is 8.43. The van der Waals surface area contributed by atoms with Gasteiger partial charge in [-0.2, -0.15) is 0 Å². The molecule has 0 aromatic heterocycles. The Morgan fingerprint density at radius 1 is 1.73 bits per heavy atom. The predicted molar refractivity (Wildman–Crippen MR) is 46.3 cm³/mol. The molecular weight excluding hydrogens is 137 g/mol. The van der Waals surface area contributed by atoms with Crippen molar-refractivity contribution in [2.24, 2.45) is 5.92 Å². The first-order valence-electron chi connectivity index (χ1n) is 3.96. The van der Waals surface area contributed by atoms with Gasteiger partial charge in [0.1, 0.15) is 0 Å². The molecule has 0 spiro atoms. The van der Waals surface area contributed by atoms with E-state index in [-0.39, 0.29) is 5.78 Å². The van der Waals surface area contributed by atoms with Gasteiger partial charge in [-0.25, -0.2) is 0 Å². The molecule has 1 heteroatoms. The zero-order valence-corrected chi connectivity index (χ0v) is 7.18. The molecule has 1 unspecified atom stereocenters. The molecule has 1 aliphatic carbocycles. The molecule has 1 atom stereocenters. The van der Waals surface area contributed by atoms with Gasteiger partial charge in [0.25, 0.3) is 0 Å². The standard InChI is InChI=1S/C10H14O/c1-7(2)9-5-4-8(3)10(11)6-9/h4,9H,1,5-6H2,2-3H3/i1+1. The molecular formula is C10H14O. The van der Waals surface area contributed by atoms with Crippen molar-refractivity contribution in [2.45, 2.75) is 26.7 Å². The number of carbonyl (C=O) groups excluding carboxylic acids is 1. The largest absolute Gasteiger partial charge is 0.295 e. The number of hydrogen-bond donors (Lipinski definition) is 0. The van der Waals surface area contributed by atoms with Gasteiger partial charge < -0.3 is 0 Å². The summed E-state index contributed by atoms with van der Waals surface area (Å²) in [6.07, 6.45) is 3.68. The fourth-order valence-electron chi connectivity index (χ4n) is 1.28. The second-order valence-electron chi connectivity index (χ2n) is 3.29. The molecule has 0 fully saturated rings. The Morgan fingerprint density at radius 3 is 2.82 bits per heavy atom. The second-order valence-corrected chi connectivity index (χ2v) is 3.29.